The van der Waals surface area contributed by atoms with Crippen LogP contribution < -0.4 is 5.32 Å². The zero-order valence-electron chi connectivity index (χ0n) is 19.1. The van der Waals surface area contributed by atoms with E-state index in [-0.39, 0.29) is 5.91 Å². The van der Waals surface area contributed by atoms with Gasteiger partial charge in [0, 0.05) is 24.8 Å². The minimum Gasteiger partial charge on any atom is -0.352 e. The number of likely N-dealkylation sites (tertiary alicyclic amines) is 1. The lowest BCUT2D eigenvalue weighted by Gasteiger charge is -2.30. The Kier molecular flexibility index (Phi) is 6.37. The molecule has 1 N–H and O–H groups in total. The number of nitrogens with zero attached hydrogens (tertiary/aromatic N) is 4. The number of aryl methyl sites for hydroxylation is 3. The molecule has 31 heavy (non-hydrogen) atoms. The molecule has 0 spiro atoms. The molecule has 1 atom stereocenters. The van der Waals surface area contributed by atoms with E-state index in [4.69, 9.17) is 5.10 Å². The van der Waals surface area contributed by atoms with E-state index in [1.807, 2.05) is 19.9 Å². The van der Waals surface area contributed by atoms with Crippen LogP contribution in [0.1, 0.15) is 53.5 Å². The number of fused-ring (bicyclic) bond motifs is 1. The van der Waals surface area contributed by atoms with Gasteiger partial charge in [0.15, 0.2) is 5.65 Å². The van der Waals surface area contributed by atoms with E-state index < -0.39 is 0 Å². The first-order chi connectivity index (χ1) is 14.9. The number of benzene rings is 1. The van der Waals surface area contributed by atoms with Crippen LogP contribution in [-0.4, -0.2) is 51.6 Å². The number of carbonyl (C=O) groups excluding carboxylic acids is 1. The van der Waals surface area contributed by atoms with Crippen LogP contribution in [-0.2, 0) is 0 Å². The lowest BCUT2D eigenvalue weighted by molar-refractivity contribution is 0.0948. The molecule has 1 fully saturated rings. The van der Waals surface area contributed by atoms with Crippen molar-refractivity contribution in [3.63, 3.8) is 0 Å². The molecule has 4 rings (SSSR count). The van der Waals surface area contributed by atoms with Gasteiger partial charge in [0.05, 0.1) is 17.0 Å². The quantitative estimate of drug-likeness (QED) is 0.609. The summed E-state index contributed by atoms with van der Waals surface area (Å²) in [7, 11) is 0. The molecule has 1 aromatic carbocycles. The average molecular weight is 420 g/mol. The summed E-state index contributed by atoms with van der Waals surface area (Å²) in [6.45, 7) is 12.4. The van der Waals surface area contributed by atoms with Gasteiger partial charge in [0.2, 0.25) is 0 Å². The number of carbonyl (C=O) groups is 1. The Morgan fingerprint density at radius 1 is 1.26 bits per heavy atom. The van der Waals surface area contributed by atoms with Crippen LogP contribution >= 0.6 is 0 Å². The van der Waals surface area contributed by atoms with Crippen LogP contribution in [0.3, 0.4) is 0 Å². The fourth-order valence-corrected chi connectivity index (χ4v) is 4.65. The third-order valence-electron chi connectivity index (χ3n) is 6.29. The molecule has 1 amide bonds. The van der Waals surface area contributed by atoms with E-state index in [0.717, 1.165) is 47.0 Å². The molecule has 1 aliphatic rings. The second kappa shape index (κ2) is 9.18. The molecule has 0 saturated carbocycles. The van der Waals surface area contributed by atoms with E-state index in [0.29, 0.717) is 12.1 Å². The van der Waals surface area contributed by atoms with Crippen molar-refractivity contribution in [3.8, 4) is 11.1 Å². The summed E-state index contributed by atoms with van der Waals surface area (Å²) in [6.07, 6.45) is 5.27. The largest absolute Gasteiger partial charge is 0.352 e. The van der Waals surface area contributed by atoms with Gasteiger partial charge in [-0.2, -0.15) is 5.10 Å². The van der Waals surface area contributed by atoms with Gasteiger partial charge >= 0.3 is 0 Å². The highest BCUT2D eigenvalue weighted by Crippen LogP contribution is 2.28. The van der Waals surface area contributed by atoms with Crippen LogP contribution in [0, 0.1) is 26.7 Å². The second-order valence-corrected chi connectivity index (χ2v) is 8.98. The van der Waals surface area contributed by atoms with E-state index >= 15 is 0 Å². The minimum absolute atomic E-state index is 0.0795. The lowest BCUT2D eigenvalue weighted by atomic mass is 10.0. The number of hydrogen-bond acceptors (Lipinski definition) is 4. The first kappa shape index (κ1) is 21.5. The minimum atomic E-state index is -0.0795. The van der Waals surface area contributed by atoms with E-state index in [9.17, 15) is 4.79 Å². The fourth-order valence-electron chi connectivity index (χ4n) is 4.65. The maximum atomic E-state index is 12.8. The van der Waals surface area contributed by atoms with Gasteiger partial charge < -0.3 is 10.2 Å². The Hall–Kier alpha value is -2.73. The summed E-state index contributed by atoms with van der Waals surface area (Å²) in [5.41, 5.74) is 6.42. The summed E-state index contributed by atoms with van der Waals surface area (Å²) in [6, 6.07) is 8.35. The van der Waals surface area contributed by atoms with Gasteiger partial charge in [-0.1, -0.05) is 36.8 Å². The van der Waals surface area contributed by atoms with Crippen molar-refractivity contribution in [3.05, 3.63) is 53.0 Å². The number of rotatable bonds is 6. The van der Waals surface area contributed by atoms with E-state index in [1.165, 1.54) is 31.5 Å². The Balaban J connectivity index is 1.46. The number of piperidine rings is 1. The molecule has 2 aromatic heterocycles. The van der Waals surface area contributed by atoms with Crippen LogP contribution in [0.2, 0.25) is 0 Å². The standard InChI is InChI=1S/C25H33N5O/c1-17-8-5-10-21(14-17)23-19(3)28-30-20(4)22(15-27-24(23)30)25(31)26-11-7-13-29-12-6-9-18(2)16-29/h5,8,10,14-15,18H,6-7,9,11-13,16H2,1-4H3,(H,26,31)/t18-/m0/s1. The predicted molar refractivity (Wildman–Crippen MR) is 124 cm³/mol. The van der Waals surface area contributed by atoms with Crippen molar-refractivity contribution in [1.29, 1.82) is 0 Å². The molecule has 0 aliphatic carbocycles. The number of hydrogen-bond donors (Lipinski definition) is 1. The monoisotopic (exact) mass is 419 g/mol. The summed E-state index contributed by atoms with van der Waals surface area (Å²) in [5.74, 6) is 0.704. The first-order valence-corrected chi connectivity index (χ1v) is 11.4. The summed E-state index contributed by atoms with van der Waals surface area (Å²) >= 11 is 0. The lowest BCUT2D eigenvalue weighted by Crippen LogP contribution is -2.36. The van der Waals surface area contributed by atoms with Crippen LogP contribution in [0.4, 0.5) is 0 Å². The van der Waals surface area contributed by atoms with Gasteiger partial charge in [-0.15, -0.1) is 0 Å². The SMILES string of the molecule is Cc1cccc(-c2c(C)nn3c(C)c(C(=O)NCCCN4CCC[C@H](C)C4)cnc23)c1. The van der Waals surface area contributed by atoms with Crippen LogP contribution in [0.25, 0.3) is 16.8 Å². The molecule has 0 unspecified atom stereocenters. The van der Waals surface area contributed by atoms with Gasteiger partial charge in [-0.05, 0) is 64.6 Å². The van der Waals surface area contributed by atoms with Crippen LogP contribution in [0.5, 0.6) is 0 Å². The number of amides is 1. The summed E-state index contributed by atoms with van der Waals surface area (Å²) in [4.78, 5) is 20.0. The average Bonchev–Trinajstić information content (AvgIpc) is 3.08. The van der Waals surface area contributed by atoms with Gasteiger partial charge in [0.25, 0.3) is 5.91 Å². The van der Waals surface area contributed by atoms with Gasteiger partial charge in [-0.25, -0.2) is 9.50 Å². The maximum Gasteiger partial charge on any atom is 0.254 e. The highest BCUT2D eigenvalue weighted by molar-refractivity contribution is 5.95. The molecule has 0 bridgehead atoms. The van der Waals surface area contributed by atoms with E-state index in [2.05, 4.69) is 47.2 Å². The topological polar surface area (TPSA) is 62.5 Å². The maximum absolute atomic E-state index is 12.8. The highest BCUT2D eigenvalue weighted by Gasteiger charge is 2.19. The molecule has 0 radical (unpaired) electrons. The molecule has 6 nitrogen and oxygen atoms in total. The molecule has 1 saturated heterocycles. The molecular formula is C25H33N5O. The number of nitrogens with one attached hydrogen (secondary N) is 1. The highest BCUT2D eigenvalue weighted by atomic mass is 16.1. The summed E-state index contributed by atoms with van der Waals surface area (Å²) < 4.78 is 1.80. The Morgan fingerprint density at radius 3 is 2.87 bits per heavy atom. The third-order valence-corrected chi connectivity index (χ3v) is 6.29. The van der Waals surface area contributed by atoms with Crippen molar-refractivity contribution in [2.45, 2.75) is 47.0 Å². The van der Waals surface area contributed by atoms with Crippen molar-refractivity contribution in [2.24, 2.45) is 5.92 Å². The smallest absolute Gasteiger partial charge is 0.254 e. The zero-order chi connectivity index (χ0) is 22.0. The number of aromatic nitrogens is 3. The molecule has 1 aliphatic heterocycles. The molecule has 164 valence electrons. The molecule has 3 aromatic rings. The normalized spacial score (nSPS) is 17.2. The second-order valence-electron chi connectivity index (χ2n) is 8.98. The van der Waals surface area contributed by atoms with Crippen molar-refractivity contribution in [2.75, 3.05) is 26.2 Å². The third kappa shape index (κ3) is 4.64. The van der Waals surface area contributed by atoms with Gasteiger partial charge in [-0.3, -0.25) is 4.79 Å². The fraction of sp³-hybridized carbons (Fsp3) is 0.480. The van der Waals surface area contributed by atoms with E-state index in [1.54, 1.807) is 10.7 Å². The predicted octanol–water partition coefficient (Wildman–Crippen LogP) is 4.17. The van der Waals surface area contributed by atoms with Crippen molar-refractivity contribution >= 4 is 11.6 Å². The molecule has 3 heterocycles. The Bertz CT molecular complexity index is 1090. The van der Waals surface area contributed by atoms with Crippen LogP contribution in [0.15, 0.2) is 30.5 Å². The Labute approximate surface area is 184 Å². The Morgan fingerprint density at radius 2 is 2.10 bits per heavy atom. The first-order valence-electron chi connectivity index (χ1n) is 11.4. The van der Waals surface area contributed by atoms with Crippen molar-refractivity contribution < 1.29 is 4.79 Å². The summed E-state index contributed by atoms with van der Waals surface area (Å²) in [5, 5.41) is 7.76. The molecular weight excluding hydrogens is 386 g/mol. The van der Waals surface area contributed by atoms with Crippen molar-refractivity contribution in [1.82, 2.24) is 24.8 Å². The van der Waals surface area contributed by atoms with Gasteiger partial charge in [0.1, 0.15) is 0 Å². The molecule has 6 heteroatoms. The zero-order valence-corrected chi connectivity index (χ0v) is 19.1.